The summed E-state index contributed by atoms with van der Waals surface area (Å²) in [5.74, 6) is -1.16. The van der Waals surface area contributed by atoms with Crippen LogP contribution in [0, 0.1) is 23.2 Å². The van der Waals surface area contributed by atoms with E-state index in [4.69, 9.17) is 18.9 Å². The molecule has 1 amide bonds. The Hall–Kier alpha value is -1.67. The molecule has 0 spiro atoms. The average Bonchev–Trinajstić information content (AvgIpc) is 3.29. The van der Waals surface area contributed by atoms with E-state index in [0.29, 0.717) is 25.9 Å². The molecule has 276 valence electrons. The molecule has 0 saturated carbocycles. The Morgan fingerprint density at radius 3 is 2.27 bits per heavy atom. The van der Waals surface area contributed by atoms with Crippen molar-refractivity contribution in [3.8, 4) is 0 Å². The number of cyclic esters (lactones) is 1. The molecule has 2 N–H and O–H groups in total. The number of nitrogens with zero attached hydrogens (tertiary/aromatic N) is 3. The smallest absolute Gasteiger partial charge is 0.319 e. The summed E-state index contributed by atoms with van der Waals surface area (Å²) < 4.78 is 25.1. The molecule has 48 heavy (non-hydrogen) atoms. The van der Waals surface area contributed by atoms with Crippen LogP contribution in [0.1, 0.15) is 80.1 Å². The molecule has 0 aromatic rings. The Morgan fingerprint density at radius 1 is 1.08 bits per heavy atom. The minimum Gasteiger partial charge on any atom is -0.463 e. The van der Waals surface area contributed by atoms with Gasteiger partial charge in [-0.3, -0.25) is 19.3 Å². The molecule has 0 aromatic heterocycles. The lowest BCUT2D eigenvalue weighted by atomic mass is 9.74. The number of esters is 1. The van der Waals surface area contributed by atoms with Gasteiger partial charge in [0.2, 0.25) is 5.91 Å². The highest BCUT2D eigenvalue weighted by molar-refractivity contribution is 6.04. The van der Waals surface area contributed by atoms with Gasteiger partial charge in [0.25, 0.3) is 0 Å². The predicted octanol–water partition coefficient (Wildman–Crippen LogP) is 2.31. The number of hydrogen-bond donors (Lipinski definition) is 2. The minimum absolute atomic E-state index is 0.0683. The number of nitrogens with one attached hydrogen (secondary N) is 1. The summed E-state index contributed by atoms with van der Waals surface area (Å²) >= 11 is 0. The normalized spacial score (nSPS) is 41.8. The summed E-state index contributed by atoms with van der Waals surface area (Å²) in [7, 11) is 9.36. The number of ketones is 1. The van der Waals surface area contributed by atoms with E-state index in [1.165, 1.54) is 0 Å². The molecule has 4 aliphatic rings. The van der Waals surface area contributed by atoms with Crippen molar-refractivity contribution in [2.24, 2.45) is 23.2 Å². The number of hydrogen-bond acceptors (Lipinski definition) is 11. The molecule has 12 heteroatoms. The number of amides is 1. The Morgan fingerprint density at radius 2 is 1.71 bits per heavy atom. The van der Waals surface area contributed by atoms with Crippen LogP contribution in [0.3, 0.4) is 0 Å². The number of aliphatic hydroxyl groups excluding tert-OH is 1. The SMILES string of the molecule is CNCC(=O)N1[C@@H]2CC[C@H]1C[C@@H]([C@@H]1COC(=O)C(C)(C)C(=O)[C@H](C)[C@@H](O[C@@H]3O[C@H](C)C[C@H](N(C)C)[C@H]3O)[C@](C)(OC)C[C@@H](C)CN1C)C2. The van der Waals surface area contributed by atoms with E-state index in [-0.39, 0.29) is 60.4 Å². The molecule has 4 saturated heterocycles. The summed E-state index contributed by atoms with van der Waals surface area (Å²) in [6.45, 7) is 12.3. The standard InChI is InChI=1S/C36H64N4O8/c1-21-17-36(6,45-11)32(48-33-30(42)27(38(8)9)14-22(2)47-33)23(3)31(43)35(4,5)34(44)46-20-28(39(10)19-21)24-15-25-12-13-26(16-24)40(25)29(41)18-37-7/h21-28,30,32-33,37,42H,12-20H2,1-11H3/t21-,22-,23+,24-,25+,26-,27+,28+,30-,32-,33+,36-/m1/s1. The van der Waals surface area contributed by atoms with Crippen LogP contribution >= 0.6 is 0 Å². The van der Waals surface area contributed by atoms with Crippen molar-refractivity contribution in [3.05, 3.63) is 0 Å². The lowest BCUT2D eigenvalue weighted by Gasteiger charge is -2.47. The zero-order valence-corrected chi connectivity index (χ0v) is 31.4. The highest BCUT2D eigenvalue weighted by atomic mass is 16.7. The van der Waals surface area contributed by atoms with Crippen molar-refractivity contribution >= 4 is 17.7 Å². The van der Waals surface area contributed by atoms with Crippen LogP contribution in [-0.4, -0.2) is 147 Å². The van der Waals surface area contributed by atoms with Crippen molar-refractivity contribution in [3.63, 3.8) is 0 Å². The Labute approximate surface area is 288 Å². The van der Waals surface area contributed by atoms with E-state index in [1.807, 2.05) is 32.8 Å². The molecular weight excluding hydrogens is 616 g/mol. The van der Waals surface area contributed by atoms with Crippen molar-refractivity contribution in [1.82, 2.24) is 20.0 Å². The van der Waals surface area contributed by atoms with Gasteiger partial charge in [0.15, 0.2) is 12.1 Å². The second-order valence-corrected chi connectivity index (χ2v) is 16.3. The third-order valence-corrected chi connectivity index (χ3v) is 11.9. The van der Waals surface area contributed by atoms with Gasteiger partial charge in [-0.15, -0.1) is 0 Å². The van der Waals surface area contributed by atoms with Crippen LogP contribution in [0.5, 0.6) is 0 Å². The fraction of sp³-hybridized carbons (Fsp3) is 0.917. The lowest BCUT2D eigenvalue weighted by molar-refractivity contribution is -0.295. The summed E-state index contributed by atoms with van der Waals surface area (Å²) in [6.07, 6.45) is 1.98. The molecule has 12 atom stereocenters. The number of fused-ring (bicyclic) bond motifs is 2. The van der Waals surface area contributed by atoms with Crippen LogP contribution in [-0.2, 0) is 33.3 Å². The van der Waals surface area contributed by atoms with E-state index < -0.39 is 41.4 Å². The van der Waals surface area contributed by atoms with E-state index in [0.717, 1.165) is 25.7 Å². The van der Waals surface area contributed by atoms with Gasteiger partial charge >= 0.3 is 5.97 Å². The molecule has 2 bridgehead atoms. The summed E-state index contributed by atoms with van der Waals surface area (Å²) in [5.41, 5.74) is -2.40. The molecule has 4 fully saturated rings. The largest absolute Gasteiger partial charge is 0.463 e. The van der Waals surface area contributed by atoms with E-state index in [9.17, 15) is 19.5 Å². The highest BCUT2D eigenvalue weighted by Crippen LogP contribution is 2.42. The molecule has 4 heterocycles. The molecule has 12 nitrogen and oxygen atoms in total. The first-order valence-electron chi connectivity index (χ1n) is 18.0. The van der Waals surface area contributed by atoms with Crippen molar-refractivity contribution < 1.29 is 38.4 Å². The second kappa shape index (κ2) is 15.7. The van der Waals surface area contributed by atoms with Gasteiger partial charge in [0, 0.05) is 43.7 Å². The Balaban J connectivity index is 1.64. The third kappa shape index (κ3) is 8.11. The number of Topliss-reactive ketones (excluding diaryl/α,β-unsaturated/α-hetero) is 1. The van der Waals surface area contributed by atoms with Gasteiger partial charge in [-0.25, -0.2) is 0 Å². The lowest BCUT2D eigenvalue weighted by Crippen LogP contribution is -2.59. The van der Waals surface area contributed by atoms with E-state index >= 15 is 0 Å². The number of carbonyl (C=O) groups excluding carboxylic acids is 3. The van der Waals surface area contributed by atoms with Crippen LogP contribution in [0.2, 0.25) is 0 Å². The van der Waals surface area contributed by atoms with Gasteiger partial charge in [-0.2, -0.15) is 0 Å². The number of rotatable bonds is 7. The Bertz CT molecular complexity index is 1120. The third-order valence-electron chi connectivity index (χ3n) is 11.9. The van der Waals surface area contributed by atoms with Crippen molar-refractivity contribution in [1.29, 1.82) is 0 Å². The van der Waals surface area contributed by atoms with Crippen LogP contribution in [0.4, 0.5) is 0 Å². The summed E-state index contributed by atoms with van der Waals surface area (Å²) in [5, 5.41) is 14.4. The first kappa shape index (κ1) is 39.1. The van der Waals surface area contributed by atoms with Crippen molar-refractivity contribution in [2.45, 2.75) is 134 Å². The average molecular weight is 681 g/mol. The van der Waals surface area contributed by atoms with Gasteiger partial charge in [-0.1, -0.05) is 13.8 Å². The second-order valence-electron chi connectivity index (χ2n) is 16.3. The molecular formula is C36H64N4O8. The fourth-order valence-electron chi connectivity index (χ4n) is 9.24. The van der Waals surface area contributed by atoms with Gasteiger partial charge in [0.05, 0.1) is 24.4 Å². The van der Waals surface area contributed by atoms with Crippen molar-refractivity contribution in [2.75, 3.05) is 55.0 Å². The number of ether oxygens (including phenoxy) is 4. The first-order valence-corrected chi connectivity index (χ1v) is 18.0. The fourth-order valence-corrected chi connectivity index (χ4v) is 9.24. The maximum atomic E-state index is 14.3. The number of methoxy groups -OCH3 is 1. The quantitative estimate of drug-likeness (QED) is 0.304. The predicted molar refractivity (Wildman–Crippen MR) is 182 cm³/mol. The number of piperidine rings is 1. The molecule has 4 aliphatic heterocycles. The maximum Gasteiger partial charge on any atom is 0.319 e. The summed E-state index contributed by atoms with van der Waals surface area (Å²) in [4.78, 5) is 47.4. The number of aliphatic hydroxyl groups is 1. The van der Waals surface area contributed by atoms with Gasteiger partial charge < -0.3 is 39.2 Å². The monoisotopic (exact) mass is 680 g/mol. The molecule has 0 aliphatic carbocycles. The molecule has 0 aromatic carbocycles. The van der Waals surface area contributed by atoms with E-state index in [1.54, 1.807) is 34.9 Å². The number of likely N-dealkylation sites (N-methyl/N-ethyl adjacent to an activating group) is 3. The van der Waals surface area contributed by atoms with Crippen LogP contribution < -0.4 is 5.32 Å². The zero-order valence-electron chi connectivity index (χ0n) is 31.4. The van der Waals surface area contributed by atoms with E-state index in [2.05, 4.69) is 29.1 Å². The Kier molecular flexibility index (Phi) is 12.8. The zero-order chi connectivity index (χ0) is 35.7. The summed E-state index contributed by atoms with van der Waals surface area (Å²) in [6, 6.07) is 0.108. The number of carbonyl (C=O) groups is 3. The topological polar surface area (TPSA) is 130 Å². The molecule has 0 radical (unpaired) electrons. The molecule has 0 unspecified atom stereocenters. The minimum atomic E-state index is -1.45. The first-order chi connectivity index (χ1) is 22.4. The van der Waals surface area contributed by atoms with Gasteiger partial charge in [-0.05, 0) is 106 Å². The highest BCUT2D eigenvalue weighted by Gasteiger charge is 2.52. The molecule has 4 rings (SSSR count). The van der Waals surface area contributed by atoms with Crippen LogP contribution in [0.25, 0.3) is 0 Å². The van der Waals surface area contributed by atoms with Gasteiger partial charge in [0.1, 0.15) is 18.1 Å². The van der Waals surface area contributed by atoms with Crippen LogP contribution in [0.15, 0.2) is 0 Å². The maximum absolute atomic E-state index is 14.3.